The molecule has 3 heterocycles. The van der Waals surface area contributed by atoms with E-state index in [9.17, 15) is 9.59 Å². The summed E-state index contributed by atoms with van der Waals surface area (Å²) >= 11 is 0. The third-order valence-corrected chi connectivity index (χ3v) is 6.66. The van der Waals surface area contributed by atoms with Crippen molar-refractivity contribution in [1.82, 2.24) is 10.2 Å². The Balaban J connectivity index is 1.52. The lowest BCUT2D eigenvalue weighted by Crippen LogP contribution is -2.52. The number of benzene rings is 1. The molecule has 0 radical (unpaired) electrons. The van der Waals surface area contributed by atoms with Gasteiger partial charge in [-0.2, -0.15) is 0 Å². The van der Waals surface area contributed by atoms with Crippen molar-refractivity contribution in [1.29, 1.82) is 0 Å². The summed E-state index contributed by atoms with van der Waals surface area (Å²) in [6, 6.07) is 8.90. The first kappa shape index (κ1) is 18.3. The fourth-order valence-electron chi connectivity index (χ4n) is 5.09. The molecule has 2 fully saturated rings. The number of esters is 1. The number of hydrogen-bond acceptors (Lipinski definition) is 4. The molecule has 1 N–H and O–H groups in total. The molecule has 2 saturated heterocycles. The highest BCUT2D eigenvalue weighted by molar-refractivity contribution is 6.00. The van der Waals surface area contributed by atoms with Gasteiger partial charge in [0, 0.05) is 30.4 Å². The molecule has 2 bridgehead atoms. The van der Waals surface area contributed by atoms with Crippen molar-refractivity contribution in [2.75, 3.05) is 25.1 Å². The topological polar surface area (TPSA) is 61.9 Å². The smallest absolute Gasteiger partial charge is 0.322 e. The maximum Gasteiger partial charge on any atom is 0.322 e. The lowest BCUT2D eigenvalue weighted by molar-refractivity contribution is -0.148. The molecule has 146 valence electrons. The average molecular weight is 371 g/mol. The van der Waals surface area contributed by atoms with Crippen LogP contribution < -0.4 is 10.2 Å². The van der Waals surface area contributed by atoms with Gasteiger partial charge in [-0.1, -0.05) is 18.2 Å². The monoisotopic (exact) mass is 371 g/mol. The minimum Gasteiger partial charge on any atom is -0.465 e. The Morgan fingerprint density at radius 2 is 1.89 bits per heavy atom. The van der Waals surface area contributed by atoms with Gasteiger partial charge in [0.05, 0.1) is 6.61 Å². The summed E-state index contributed by atoms with van der Waals surface area (Å²) in [4.78, 5) is 29.9. The van der Waals surface area contributed by atoms with E-state index in [0.717, 1.165) is 24.1 Å². The number of rotatable bonds is 3. The van der Waals surface area contributed by atoms with Crippen LogP contribution in [-0.2, 0) is 14.9 Å². The summed E-state index contributed by atoms with van der Waals surface area (Å²) in [6.07, 6.45) is 4.45. The number of anilines is 1. The fourth-order valence-corrected chi connectivity index (χ4v) is 5.09. The first-order valence-electron chi connectivity index (χ1n) is 10.0. The zero-order chi connectivity index (χ0) is 19.2. The molecular weight excluding hydrogens is 342 g/mol. The van der Waals surface area contributed by atoms with Gasteiger partial charge in [0.2, 0.25) is 0 Å². The van der Waals surface area contributed by atoms with Gasteiger partial charge in [0.1, 0.15) is 5.41 Å². The Morgan fingerprint density at radius 3 is 2.56 bits per heavy atom. The molecule has 6 heteroatoms. The van der Waals surface area contributed by atoms with Crippen LogP contribution in [0.3, 0.4) is 0 Å². The van der Waals surface area contributed by atoms with Gasteiger partial charge in [0.25, 0.3) is 0 Å². The van der Waals surface area contributed by atoms with E-state index in [1.54, 1.807) is 11.8 Å². The first-order chi connectivity index (χ1) is 12.9. The van der Waals surface area contributed by atoms with Gasteiger partial charge in [0.15, 0.2) is 0 Å². The number of hydrogen-bond donors (Lipinski definition) is 1. The minimum atomic E-state index is -0.824. The third kappa shape index (κ3) is 3.00. The van der Waals surface area contributed by atoms with Crippen molar-refractivity contribution in [3.05, 3.63) is 29.8 Å². The molecule has 3 atom stereocenters. The van der Waals surface area contributed by atoms with Crippen LogP contribution in [0.25, 0.3) is 0 Å². The average Bonchev–Trinajstić information content (AvgIpc) is 3.05. The van der Waals surface area contributed by atoms with Crippen LogP contribution in [0.2, 0.25) is 0 Å². The second-order valence-corrected chi connectivity index (χ2v) is 8.32. The molecule has 1 aromatic rings. The number of nitrogens with one attached hydrogen (secondary N) is 1. The zero-order valence-corrected chi connectivity index (χ0v) is 16.4. The second-order valence-electron chi connectivity index (χ2n) is 8.32. The molecule has 0 spiro atoms. The summed E-state index contributed by atoms with van der Waals surface area (Å²) < 4.78 is 5.31. The predicted octanol–water partition coefficient (Wildman–Crippen LogP) is 2.66. The van der Waals surface area contributed by atoms with E-state index in [1.807, 2.05) is 31.2 Å². The summed E-state index contributed by atoms with van der Waals surface area (Å²) in [7, 11) is 2.20. The van der Waals surface area contributed by atoms with Crippen LogP contribution in [0.1, 0.15) is 45.1 Å². The number of nitrogens with zero attached hydrogens (tertiary/aromatic N) is 2. The Morgan fingerprint density at radius 1 is 1.22 bits per heavy atom. The Kier molecular flexibility index (Phi) is 4.62. The summed E-state index contributed by atoms with van der Waals surface area (Å²) in [6.45, 7) is 4.32. The summed E-state index contributed by atoms with van der Waals surface area (Å²) in [5.74, 6) is -0.273. The van der Waals surface area contributed by atoms with Gasteiger partial charge < -0.3 is 15.0 Å². The molecule has 3 aliphatic heterocycles. The first-order valence-corrected chi connectivity index (χ1v) is 10.0. The maximum absolute atomic E-state index is 13.1. The third-order valence-electron chi connectivity index (χ3n) is 6.66. The number of piperidine rings is 1. The van der Waals surface area contributed by atoms with Crippen LogP contribution in [0.15, 0.2) is 24.3 Å². The van der Waals surface area contributed by atoms with Crippen molar-refractivity contribution in [3.8, 4) is 0 Å². The van der Waals surface area contributed by atoms with Crippen LogP contribution in [0.4, 0.5) is 10.5 Å². The highest BCUT2D eigenvalue weighted by Crippen LogP contribution is 2.42. The SMILES string of the molecule is CCOC(=O)C1(C)CN(C(=O)NC2CC3CCC(C2)N3C)c2ccccc21. The molecule has 0 aliphatic carbocycles. The standard InChI is InChI=1S/C21H29N3O3/c1-4-27-19(25)21(2)13-24(18-8-6-5-7-17(18)21)20(26)22-14-11-15-9-10-16(12-14)23(15)3/h5-8,14-16H,4,9-13H2,1-3H3,(H,22,26). The van der Waals surface area contributed by atoms with E-state index >= 15 is 0 Å². The highest BCUT2D eigenvalue weighted by atomic mass is 16.5. The van der Waals surface area contributed by atoms with E-state index in [1.165, 1.54) is 12.8 Å². The molecule has 6 nitrogen and oxygen atoms in total. The van der Waals surface area contributed by atoms with Crippen molar-refractivity contribution in [2.24, 2.45) is 0 Å². The number of ether oxygens (including phenoxy) is 1. The van der Waals surface area contributed by atoms with Crippen LogP contribution >= 0.6 is 0 Å². The normalized spacial score (nSPS) is 32.3. The summed E-state index contributed by atoms with van der Waals surface area (Å²) in [5, 5.41) is 3.24. The van der Waals surface area contributed by atoms with Gasteiger partial charge in [-0.25, -0.2) is 4.79 Å². The zero-order valence-electron chi connectivity index (χ0n) is 16.4. The lowest BCUT2D eigenvalue weighted by atomic mass is 9.84. The Labute approximate surface area is 160 Å². The molecule has 27 heavy (non-hydrogen) atoms. The van der Waals surface area contributed by atoms with Crippen molar-refractivity contribution in [3.63, 3.8) is 0 Å². The van der Waals surface area contributed by atoms with Gasteiger partial charge in [-0.15, -0.1) is 0 Å². The van der Waals surface area contributed by atoms with Crippen LogP contribution in [-0.4, -0.2) is 55.2 Å². The van der Waals surface area contributed by atoms with Gasteiger partial charge in [-0.05, 0) is 58.2 Å². The minimum absolute atomic E-state index is 0.107. The van der Waals surface area contributed by atoms with Gasteiger partial charge in [-0.3, -0.25) is 9.69 Å². The molecule has 0 aromatic heterocycles. The lowest BCUT2D eigenvalue weighted by Gasteiger charge is -2.37. The number of urea groups is 1. The largest absolute Gasteiger partial charge is 0.465 e. The van der Waals surface area contributed by atoms with E-state index < -0.39 is 5.41 Å². The molecule has 2 amide bonds. The number of para-hydroxylation sites is 1. The van der Waals surface area contributed by atoms with E-state index in [4.69, 9.17) is 4.74 Å². The van der Waals surface area contributed by atoms with E-state index in [2.05, 4.69) is 17.3 Å². The molecule has 3 aliphatic rings. The number of carbonyl (C=O) groups excluding carboxylic acids is 2. The van der Waals surface area contributed by atoms with Gasteiger partial charge >= 0.3 is 12.0 Å². The van der Waals surface area contributed by atoms with Crippen molar-refractivity contribution >= 4 is 17.7 Å². The van der Waals surface area contributed by atoms with Crippen molar-refractivity contribution < 1.29 is 14.3 Å². The molecular formula is C21H29N3O3. The number of carbonyl (C=O) groups is 2. The van der Waals surface area contributed by atoms with Crippen LogP contribution in [0.5, 0.6) is 0 Å². The van der Waals surface area contributed by atoms with E-state index in [-0.39, 0.29) is 18.0 Å². The molecule has 0 saturated carbocycles. The van der Waals surface area contributed by atoms with Crippen LogP contribution in [0, 0.1) is 0 Å². The maximum atomic E-state index is 13.1. The summed E-state index contributed by atoms with van der Waals surface area (Å²) in [5.41, 5.74) is 0.846. The number of amides is 2. The molecule has 1 aromatic carbocycles. The predicted molar refractivity (Wildman–Crippen MR) is 104 cm³/mol. The molecule has 4 rings (SSSR count). The Hall–Kier alpha value is -2.08. The number of fused-ring (bicyclic) bond motifs is 3. The highest BCUT2D eigenvalue weighted by Gasteiger charge is 2.48. The van der Waals surface area contributed by atoms with E-state index in [0.29, 0.717) is 25.2 Å². The molecule has 3 unspecified atom stereocenters. The quantitative estimate of drug-likeness (QED) is 0.830. The fraction of sp³-hybridized carbons (Fsp3) is 0.619. The second kappa shape index (κ2) is 6.82. The van der Waals surface area contributed by atoms with Crippen molar-refractivity contribution in [2.45, 2.75) is 63.1 Å². The Bertz CT molecular complexity index is 738.